The second-order valence-electron chi connectivity index (χ2n) is 5.77. The summed E-state index contributed by atoms with van der Waals surface area (Å²) in [6.45, 7) is 3.94. The highest BCUT2D eigenvalue weighted by Gasteiger charge is 2.32. The quantitative estimate of drug-likeness (QED) is 0.814. The van der Waals surface area contributed by atoms with Crippen LogP contribution in [0, 0.1) is 0 Å². The summed E-state index contributed by atoms with van der Waals surface area (Å²) in [7, 11) is 0. The molecule has 1 amide bonds. The number of carbonyl (C=O) groups is 3. The van der Waals surface area contributed by atoms with Gasteiger partial charge in [-0.15, -0.1) is 11.3 Å². The third-order valence-electron chi connectivity index (χ3n) is 4.05. The first-order valence-electron chi connectivity index (χ1n) is 8.43. The third-order valence-corrected chi connectivity index (χ3v) is 5.24. The summed E-state index contributed by atoms with van der Waals surface area (Å²) >= 11 is 1.32. The van der Waals surface area contributed by atoms with E-state index in [4.69, 9.17) is 9.47 Å². The van der Waals surface area contributed by atoms with Gasteiger partial charge in [-0.25, -0.2) is 9.59 Å². The molecule has 1 N–H and O–H groups in total. The number of amides is 1. The Labute approximate surface area is 155 Å². The minimum absolute atomic E-state index is 0.251. The van der Waals surface area contributed by atoms with Gasteiger partial charge in [0.25, 0.3) is 5.91 Å². The number of rotatable bonds is 5. The van der Waals surface area contributed by atoms with E-state index in [1.807, 2.05) is 13.0 Å². The maximum Gasteiger partial charge on any atom is 0.341 e. The van der Waals surface area contributed by atoms with E-state index in [2.05, 4.69) is 5.32 Å². The molecule has 0 saturated heterocycles. The molecule has 0 bridgehead atoms. The van der Waals surface area contributed by atoms with Crippen molar-refractivity contribution in [3.05, 3.63) is 51.9 Å². The van der Waals surface area contributed by atoms with Crippen LogP contribution in [0.1, 0.15) is 45.0 Å². The summed E-state index contributed by atoms with van der Waals surface area (Å²) in [5, 5.41) is 3.14. The standard InChI is InChI=1S/C19H19NO5S/c1-3-12-10-14(18(22)24-4-2)17(26-12)20-16(21)15-9-11-7-5-6-8-13(11)19(23)25-15/h5-8,10,15H,3-4,9H2,1-2H3,(H,20,21)/t15-/m0/s1. The van der Waals surface area contributed by atoms with Crippen LogP contribution in [0.5, 0.6) is 0 Å². The largest absolute Gasteiger partial charge is 0.462 e. The Kier molecular flexibility index (Phi) is 5.37. The third kappa shape index (κ3) is 3.62. The van der Waals surface area contributed by atoms with Gasteiger partial charge in [0.15, 0.2) is 6.10 Å². The number of hydrogen-bond donors (Lipinski definition) is 1. The van der Waals surface area contributed by atoms with Crippen molar-refractivity contribution in [1.82, 2.24) is 0 Å². The maximum absolute atomic E-state index is 12.6. The van der Waals surface area contributed by atoms with Crippen molar-refractivity contribution in [3.8, 4) is 0 Å². The molecule has 0 radical (unpaired) electrons. The normalized spacial score (nSPS) is 15.8. The SMILES string of the molecule is CCOC(=O)c1cc(CC)sc1NC(=O)[C@@H]1Cc2ccccc2C(=O)O1. The fraction of sp³-hybridized carbons (Fsp3) is 0.316. The number of hydrogen-bond acceptors (Lipinski definition) is 6. The zero-order chi connectivity index (χ0) is 18.7. The summed E-state index contributed by atoms with van der Waals surface area (Å²) < 4.78 is 10.3. The first-order chi connectivity index (χ1) is 12.5. The molecular weight excluding hydrogens is 354 g/mol. The second kappa shape index (κ2) is 7.70. The van der Waals surface area contributed by atoms with Crippen LogP contribution in [0.15, 0.2) is 30.3 Å². The lowest BCUT2D eigenvalue weighted by atomic mass is 9.98. The molecule has 1 aliphatic rings. The first kappa shape index (κ1) is 18.1. The van der Waals surface area contributed by atoms with E-state index in [-0.39, 0.29) is 6.61 Å². The smallest absolute Gasteiger partial charge is 0.341 e. The summed E-state index contributed by atoms with van der Waals surface area (Å²) in [5.41, 5.74) is 1.58. The topological polar surface area (TPSA) is 81.7 Å². The van der Waals surface area contributed by atoms with Crippen LogP contribution in [-0.4, -0.2) is 30.6 Å². The van der Waals surface area contributed by atoms with Gasteiger partial charge in [-0.2, -0.15) is 0 Å². The Morgan fingerprint density at radius 1 is 1.31 bits per heavy atom. The molecule has 0 unspecified atom stereocenters. The van der Waals surface area contributed by atoms with Crippen LogP contribution in [0.3, 0.4) is 0 Å². The van der Waals surface area contributed by atoms with Gasteiger partial charge in [-0.1, -0.05) is 25.1 Å². The first-order valence-corrected chi connectivity index (χ1v) is 9.24. The lowest BCUT2D eigenvalue weighted by molar-refractivity contribution is -0.125. The van der Waals surface area contributed by atoms with Crippen molar-refractivity contribution in [1.29, 1.82) is 0 Å². The fourth-order valence-corrected chi connectivity index (χ4v) is 3.73. The van der Waals surface area contributed by atoms with Crippen molar-refractivity contribution >= 4 is 34.2 Å². The average molecular weight is 373 g/mol. The lowest BCUT2D eigenvalue weighted by Crippen LogP contribution is -2.38. The van der Waals surface area contributed by atoms with E-state index in [0.717, 1.165) is 16.9 Å². The summed E-state index contributed by atoms with van der Waals surface area (Å²) in [6.07, 6.45) is 0.104. The number of nitrogens with one attached hydrogen (secondary N) is 1. The van der Waals surface area contributed by atoms with Crippen LogP contribution in [0.4, 0.5) is 5.00 Å². The molecule has 26 heavy (non-hydrogen) atoms. The number of anilines is 1. The van der Waals surface area contributed by atoms with Crippen molar-refractivity contribution in [2.75, 3.05) is 11.9 Å². The molecule has 1 aromatic heterocycles. The molecule has 2 aromatic rings. The highest BCUT2D eigenvalue weighted by molar-refractivity contribution is 7.16. The van der Waals surface area contributed by atoms with Gasteiger partial charge in [0, 0.05) is 11.3 Å². The number of cyclic esters (lactones) is 1. The molecule has 0 spiro atoms. The minimum atomic E-state index is -0.931. The van der Waals surface area contributed by atoms with Gasteiger partial charge >= 0.3 is 11.9 Å². The Bertz CT molecular complexity index is 857. The molecule has 7 heteroatoms. The molecule has 1 aliphatic heterocycles. The molecule has 2 heterocycles. The van der Waals surface area contributed by atoms with E-state index in [1.54, 1.807) is 31.2 Å². The molecule has 1 atom stereocenters. The number of fused-ring (bicyclic) bond motifs is 1. The number of esters is 2. The average Bonchev–Trinajstić information content (AvgIpc) is 3.05. The molecule has 136 valence electrons. The zero-order valence-electron chi connectivity index (χ0n) is 14.5. The van der Waals surface area contributed by atoms with E-state index < -0.39 is 23.9 Å². The Balaban J connectivity index is 1.79. The number of thiophene rings is 1. The number of benzene rings is 1. The van der Waals surface area contributed by atoms with E-state index >= 15 is 0 Å². The second-order valence-corrected chi connectivity index (χ2v) is 6.91. The molecule has 0 fully saturated rings. The van der Waals surface area contributed by atoms with Crippen LogP contribution >= 0.6 is 11.3 Å². The van der Waals surface area contributed by atoms with Gasteiger partial charge in [0.05, 0.1) is 17.7 Å². The highest BCUT2D eigenvalue weighted by atomic mass is 32.1. The van der Waals surface area contributed by atoms with E-state index in [9.17, 15) is 14.4 Å². The van der Waals surface area contributed by atoms with Crippen LogP contribution in [-0.2, 0) is 27.1 Å². The summed E-state index contributed by atoms with van der Waals surface area (Å²) in [6, 6.07) is 8.78. The van der Waals surface area contributed by atoms with Gasteiger partial charge in [-0.05, 0) is 31.0 Å². The zero-order valence-corrected chi connectivity index (χ0v) is 15.4. The Morgan fingerprint density at radius 3 is 2.81 bits per heavy atom. The minimum Gasteiger partial charge on any atom is -0.462 e. The predicted octanol–water partition coefficient (Wildman–Crippen LogP) is 3.21. The predicted molar refractivity (Wildman–Crippen MR) is 97.6 cm³/mol. The summed E-state index contributed by atoms with van der Waals surface area (Å²) in [5.74, 6) is -1.45. The lowest BCUT2D eigenvalue weighted by Gasteiger charge is -2.23. The molecular formula is C19H19NO5S. The molecule has 3 rings (SSSR count). The molecule has 0 aliphatic carbocycles. The van der Waals surface area contributed by atoms with Crippen molar-refractivity contribution in [3.63, 3.8) is 0 Å². The fourth-order valence-electron chi connectivity index (χ4n) is 2.74. The summed E-state index contributed by atoms with van der Waals surface area (Å²) in [4.78, 5) is 37.8. The van der Waals surface area contributed by atoms with Gasteiger partial charge in [0.2, 0.25) is 0 Å². The molecule has 6 nitrogen and oxygen atoms in total. The monoisotopic (exact) mass is 373 g/mol. The molecule has 1 aromatic carbocycles. The van der Waals surface area contributed by atoms with Gasteiger partial charge < -0.3 is 14.8 Å². The van der Waals surface area contributed by atoms with Crippen LogP contribution < -0.4 is 5.32 Å². The van der Waals surface area contributed by atoms with Crippen LogP contribution in [0.25, 0.3) is 0 Å². The number of ether oxygens (including phenoxy) is 2. The Hall–Kier alpha value is -2.67. The van der Waals surface area contributed by atoms with Crippen molar-refractivity contribution < 1.29 is 23.9 Å². The Morgan fingerprint density at radius 2 is 2.08 bits per heavy atom. The molecule has 0 saturated carbocycles. The van der Waals surface area contributed by atoms with Crippen molar-refractivity contribution in [2.24, 2.45) is 0 Å². The number of aryl methyl sites for hydroxylation is 1. The van der Waals surface area contributed by atoms with Crippen LogP contribution in [0.2, 0.25) is 0 Å². The van der Waals surface area contributed by atoms with Gasteiger partial charge in [0.1, 0.15) is 5.00 Å². The highest BCUT2D eigenvalue weighted by Crippen LogP contribution is 2.30. The van der Waals surface area contributed by atoms with E-state index in [0.29, 0.717) is 22.5 Å². The number of carbonyl (C=O) groups excluding carboxylic acids is 3. The maximum atomic E-state index is 12.6. The van der Waals surface area contributed by atoms with E-state index in [1.165, 1.54) is 11.3 Å². The van der Waals surface area contributed by atoms with Crippen molar-refractivity contribution in [2.45, 2.75) is 32.8 Å². The van der Waals surface area contributed by atoms with Gasteiger partial charge in [-0.3, -0.25) is 4.79 Å².